The summed E-state index contributed by atoms with van der Waals surface area (Å²) in [5, 5.41) is 7.97. The molecule has 2 aromatic heterocycles. The molecule has 0 aliphatic carbocycles. The highest BCUT2D eigenvalue weighted by molar-refractivity contribution is 7.99. The number of rotatable bonds is 17. The van der Waals surface area contributed by atoms with Crippen LogP contribution >= 0.6 is 11.8 Å². The zero-order valence-electron chi connectivity index (χ0n) is 38.0. The first-order chi connectivity index (χ1) is 33.1. The Hall–Kier alpha value is -6.66. The molecule has 3 aromatic carbocycles. The van der Waals surface area contributed by atoms with E-state index in [0.29, 0.717) is 77.8 Å². The monoisotopic (exact) mass is 940 g/mol. The van der Waals surface area contributed by atoms with Gasteiger partial charge in [0.25, 0.3) is 11.8 Å². The number of nitrogens with zero attached hydrogens (tertiary/aromatic N) is 8. The average molecular weight is 941 g/mol. The van der Waals surface area contributed by atoms with Gasteiger partial charge in [-0.1, -0.05) is 37.1 Å². The standard InChI is InChI=1S/C50H56N10O7S/c51-46-44-45(33-18-20-36(21-19-33)67-35-12-4-3-5-13-35)55-60(47(44)53-32-52-46)34-11-9-25-58(31-34)42(63)17-10-24-56-26-28-57(29-27-56)41(62)16-6-1-2-7-30-68-39-15-8-14-37-43(39)50(66)59(49(37)65)38-22-23-40(61)54-48(38)64/h3-5,8,12-15,18-21,32,34,38H,1-2,6-7,9-11,16-17,22-31H2,(H2,51,52,53)(H,54,61,64)/t34-,38?/m1/s1. The Morgan fingerprint density at radius 2 is 1.51 bits per heavy atom. The number of para-hydroxylation sites is 1. The molecule has 6 amide bonds. The molecule has 5 aromatic rings. The SMILES string of the molecule is Nc1ncnc2c1c(-c1ccc(Oc3ccccc3)cc1)nn2[C@@H]1CCCN(C(=O)CCCN2CCN(C(=O)CCCCCCSc3cccc4c3C(=O)N(C3CCC(=O)NC3=O)C4=O)CC2)C1. The van der Waals surface area contributed by atoms with Crippen molar-refractivity contribution in [1.82, 2.24) is 44.7 Å². The number of carbonyl (C=O) groups is 6. The number of imide groups is 2. The van der Waals surface area contributed by atoms with Crippen LogP contribution in [-0.4, -0.2) is 132 Å². The van der Waals surface area contributed by atoms with Gasteiger partial charge in [0.1, 0.15) is 35.4 Å². The summed E-state index contributed by atoms with van der Waals surface area (Å²) in [5.41, 5.74) is 9.25. The van der Waals surface area contributed by atoms with E-state index in [4.69, 9.17) is 15.6 Å². The lowest BCUT2D eigenvalue weighted by atomic mass is 10.0. The molecule has 0 radical (unpaired) electrons. The van der Waals surface area contributed by atoms with Crippen LogP contribution in [-0.2, 0) is 19.2 Å². The summed E-state index contributed by atoms with van der Waals surface area (Å²) in [4.78, 5) is 94.1. The lowest BCUT2D eigenvalue weighted by molar-refractivity contribution is -0.136. The topological polar surface area (TPSA) is 206 Å². The smallest absolute Gasteiger partial charge is 0.263 e. The second-order valence-electron chi connectivity index (χ2n) is 17.8. The molecule has 18 heteroatoms. The molecule has 0 bridgehead atoms. The van der Waals surface area contributed by atoms with Gasteiger partial charge in [-0.3, -0.25) is 43.9 Å². The van der Waals surface area contributed by atoms with Crippen molar-refractivity contribution in [2.45, 2.75) is 87.6 Å². The van der Waals surface area contributed by atoms with E-state index in [1.54, 1.807) is 12.1 Å². The van der Waals surface area contributed by atoms with Crippen LogP contribution in [0, 0.1) is 0 Å². The summed E-state index contributed by atoms with van der Waals surface area (Å²) in [6.07, 6.45) is 8.61. The number of fused-ring (bicyclic) bond motifs is 2. The minimum Gasteiger partial charge on any atom is -0.457 e. The number of hydrogen-bond donors (Lipinski definition) is 2. The zero-order chi connectivity index (χ0) is 47.1. The molecule has 6 heterocycles. The molecule has 3 fully saturated rings. The number of likely N-dealkylation sites (tertiary alicyclic amines) is 1. The van der Waals surface area contributed by atoms with Crippen molar-refractivity contribution in [3.63, 3.8) is 0 Å². The first-order valence-electron chi connectivity index (χ1n) is 23.7. The third-order valence-electron chi connectivity index (χ3n) is 13.3. The maximum Gasteiger partial charge on any atom is 0.263 e. The molecule has 17 nitrogen and oxygen atoms in total. The van der Waals surface area contributed by atoms with Crippen molar-refractivity contribution in [2.24, 2.45) is 0 Å². The molecule has 68 heavy (non-hydrogen) atoms. The number of unbranched alkanes of at least 4 members (excludes halogenated alkanes) is 3. The van der Waals surface area contributed by atoms with E-state index in [9.17, 15) is 28.8 Å². The second kappa shape index (κ2) is 21.1. The van der Waals surface area contributed by atoms with Gasteiger partial charge in [0.2, 0.25) is 23.6 Å². The number of amides is 6. The Bertz CT molecular complexity index is 2690. The predicted molar refractivity (Wildman–Crippen MR) is 256 cm³/mol. The number of piperazine rings is 1. The summed E-state index contributed by atoms with van der Waals surface area (Å²) < 4.78 is 7.92. The average Bonchev–Trinajstić information content (AvgIpc) is 3.87. The second-order valence-corrected chi connectivity index (χ2v) is 18.9. The van der Waals surface area contributed by atoms with E-state index in [2.05, 4.69) is 20.2 Å². The summed E-state index contributed by atoms with van der Waals surface area (Å²) in [6, 6.07) is 21.5. The molecular formula is C50H56N10O7S. The molecule has 9 rings (SSSR count). The third kappa shape index (κ3) is 10.3. The fraction of sp³-hybridized carbons (Fsp3) is 0.420. The summed E-state index contributed by atoms with van der Waals surface area (Å²) in [7, 11) is 0. The minimum absolute atomic E-state index is 0.0607. The van der Waals surface area contributed by atoms with E-state index >= 15 is 0 Å². The van der Waals surface area contributed by atoms with Crippen molar-refractivity contribution in [3.8, 4) is 22.8 Å². The van der Waals surface area contributed by atoms with Gasteiger partial charge in [-0.05, 0) is 99.4 Å². The highest BCUT2D eigenvalue weighted by Gasteiger charge is 2.45. The van der Waals surface area contributed by atoms with Gasteiger partial charge in [0, 0.05) is 69.0 Å². The minimum atomic E-state index is -0.989. The van der Waals surface area contributed by atoms with Crippen LogP contribution in [0.5, 0.6) is 11.5 Å². The Morgan fingerprint density at radius 1 is 0.765 bits per heavy atom. The third-order valence-corrected chi connectivity index (χ3v) is 14.4. The number of nitrogens with one attached hydrogen (secondary N) is 1. The molecule has 3 saturated heterocycles. The van der Waals surface area contributed by atoms with Gasteiger partial charge < -0.3 is 20.3 Å². The molecule has 4 aliphatic rings. The van der Waals surface area contributed by atoms with Crippen LogP contribution in [0.4, 0.5) is 5.82 Å². The summed E-state index contributed by atoms with van der Waals surface area (Å²) in [5.74, 6) is 0.848. The van der Waals surface area contributed by atoms with E-state index in [1.807, 2.05) is 75.1 Å². The number of thioether (sulfide) groups is 1. The van der Waals surface area contributed by atoms with Crippen LogP contribution in [0.25, 0.3) is 22.3 Å². The number of nitrogens with two attached hydrogens (primary N) is 1. The molecule has 0 saturated carbocycles. The number of aromatic nitrogens is 4. The van der Waals surface area contributed by atoms with E-state index in [0.717, 1.165) is 86.5 Å². The van der Waals surface area contributed by atoms with Gasteiger partial charge in [-0.25, -0.2) is 14.6 Å². The maximum atomic E-state index is 13.6. The lowest BCUT2D eigenvalue weighted by Crippen LogP contribution is -2.54. The lowest BCUT2D eigenvalue weighted by Gasteiger charge is -2.35. The highest BCUT2D eigenvalue weighted by Crippen LogP contribution is 2.37. The fourth-order valence-corrected chi connectivity index (χ4v) is 10.7. The van der Waals surface area contributed by atoms with Gasteiger partial charge in [-0.2, -0.15) is 5.10 Å². The number of hydrogen-bond acceptors (Lipinski definition) is 13. The molecular weight excluding hydrogens is 885 g/mol. The Kier molecular flexibility index (Phi) is 14.4. The maximum absolute atomic E-state index is 13.6. The zero-order valence-corrected chi connectivity index (χ0v) is 38.8. The molecule has 2 atom stereocenters. The van der Waals surface area contributed by atoms with Crippen molar-refractivity contribution >= 4 is 64.1 Å². The molecule has 354 valence electrons. The van der Waals surface area contributed by atoms with Crippen LogP contribution in [0.15, 0.2) is 84.0 Å². The van der Waals surface area contributed by atoms with Crippen LogP contribution < -0.4 is 15.8 Å². The van der Waals surface area contributed by atoms with Crippen LogP contribution in [0.2, 0.25) is 0 Å². The van der Waals surface area contributed by atoms with Gasteiger partial charge >= 0.3 is 0 Å². The first-order valence-corrected chi connectivity index (χ1v) is 24.7. The van der Waals surface area contributed by atoms with Crippen molar-refractivity contribution < 1.29 is 33.5 Å². The van der Waals surface area contributed by atoms with Gasteiger partial charge in [0.15, 0.2) is 5.65 Å². The van der Waals surface area contributed by atoms with Crippen molar-refractivity contribution in [2.75, 3.05) is 57.3 Å². The number of carbonyl (C=O) groups excluding carboxylic acids is 6. The molecule has 0 spiro atoms. The molecule has 4 aliphatic heterocycles. The Balaban J connectivity index is 0.673. The van der Waals surface area contributed by atoms with Crippen LogP contribution in [0.3, 0.4) is 0 Å². The number of benzene rings is 3. The van der Waals surface area contributed by atoms with Crippen molar-refractivity contribution in [3.05, 3.63) is 90.3 Å². The number of piperidine rings is 2. The Labute approximate surface area is 398 Å². The summed E-state index contributed by atoms with van der Waals surface area (Å²) >= 11 is 1.51. The fourth-order valence-electron chi connectivity index (χ4n) is 9.65. The van der Waals surface area contributed by atoms with E-state index in [1.165, 1.54) is 18.1 Å². The van der Waals surface area contributed by atoms with Crippen molar-refractivity contribution in [1.29, 1.82) is 0 Å². The van der Waals surface area contributed by atoms with Crippen LogP contribution in [0.1, 0.15) is 97.4 Å². The largest absolute Gasteiger partial charge is 0.457 e. The number of anilines is 1. The highest BCUT2D eigenvalue weighted by atomic mass is 32.2. The molecule has 3 N–H and O–H groups in total. The normalized spacial score (nSPS) is 18.9. The van der Waals surface area contributed by atoms with Gasteiger partial charge in [0.05, 0.1) is 22.6 Å². The van der Waals surface area contributed by atoms with Gasteiger partial charge in [-0.15, -0.1) is 11.8 Å². The number of nitrogen functional groups attached to an aromatic ring is 1. The van der Waals surface area contributed by atoms with E-state index in [-0.39, 0.29) is 36.3 Å². The first kappa shape index (κ1) is 46.5. The number of ether oxygens (including phenoxy) is 1. The Morgan fingerprint density at radius 3 is 2.31 bits per heavy atom. The molecule has 1 unspecified atom stereocenters. The van der Waals surface area contributed by atoms with E-state index < -0.39 is 29.7 Å². The summed E-state index contributed by atoms with van der Waals surface area (Å²) in [6.45, 7) is 4.98. The quantitative estimate of drug-likeness (QED) is 0.0615. The predicted octanol–water partition coefficient (Wildman–Crippen LogP) is 6.10.